The summed E-state index contributed by atoms with van der Waals surface area (Å²) in [6, 6.07) is 6.10. The summed E-state index contributed by atoms with van der Waals surface area (Å²) in [6.45, 7) is 0.608. The topological polar surface area (TPSA) is 30.9 Å². The van der Waals surface area contributed by atoms with Crippen molar-refractivity contribution in [1.82, 2.24) is 4.57 Å². The molecule has 0 saturated heterocycles. The molecule has 0 spiro atoms. The Morgan fingerprint density at radius 1 is 1.33 bits per heavy atom. The van der Waals surface area contributed by atoms with Gasteiger partial charge in [-0.3, -0.25) is 0 Å². The van der Waals surface area contributed by atoms with Gasteiger partial charge in [-0.1, -0.05) is 0 Å². The zero-order valence-corrected chi connectivity index (χ0v) is 7.42. The second-order valence-corrected chi connectivity index (χ2v) is 3.44. The highest BCUT2D eigenvalue weighted by Crippen LogP contribution is 2.20. The fourth-order valence-corrected chi connectivity index (χ4v) is 2.09. The van der Waals surface area contributed by atoms with Crippen molar-refractivity contribution in [2.75, 3.05) is 0 Å². The maximum Gasteiger partial charge on any atom is 0.103 e. The van der Waals surface area contributed by atoms with Gasteiger partial charge in [-0.05, 0) is 23.6 Å². The summed E-state index contributed by atoms with van der Waals surface area (Å²) < 4.78 is 2.09. The van der Waals surface area contributed by atoms with E-state index in [0.717, 1.165) is 0 Å². The monoisotopic (exact) mass is 178 g/mol. The SMILES string of the molecule is NCc1ccsc1-n1cccc1. The van der Waals surface area contributed by atoms with Crippen LogP contribution in [0.3, 0.4) is 0 Å². The molecule has 0 fully saturated rings. The van der Waals surface area contributed by atoms with Crippen molar-refractivity contribution in [1.29, 1.82) is 0 Å². The van der Waals surface area contributed by atoms with E-state index in [1.54, 1.807) is 11.3 Å². The van der Waals surface area contributed by atoms with Gasteiger partial charge in [-0.25, -0.2) is 0 Å². The molecule has 2 rings (SSSR count). The van der Waals surface area contributed by atoms with E-state index >= 15 is 0 Å². The normalized spacial score (nSPS) is 10.4. The molecule has 0 aliphatic heterocycles. The Morgan fingerprint density at radius 2 is 2.08 bits per heavy atom. The molecule has 12 heavy (non-hydrogen) atoms. The first-order valence-electron chi connectivity index (χ1n) is 3.81. The molecule has 0 aliphatic rings. The average Bonchev–Trinajstić information content (AvgIpc) is 2.74. The number of hydrogen-bond donors (Lipinski definition) is 1. The molecule has 0 aliphatic carbocycles. The van der Waals surface area contributed by atoms with E-state index in [9.17, 15) is 0 Å². The molecule has 0 aromatic carbocycles. The van der Waals surface area contributed by atoms with Gasteiger partial charge in [0, 0.05) is 24.5 Å². The maximum absolute atomic E-state index is 5.59. The van der Waals surface area contributed by atoms with Crippen LogP contribution >= 0.6 is 11.3 Å². The second kappa shape index (κ2) is 3.13. The van der Waals surface area contributed by atoms with Crippen LogP contribution in [0, 0.1) is 0 Å². The molecule has 2 nitrogen and oxygen atoms in total. The summed E-state index contributed by atoms with van der Waals surface area (Å²) >= 11 is 1.71. The quantitative estimate of drug-likeness (QED) is 0.749. The summed E-state index contributed by atoms with van der Waals surface area (Å²) in [5, 5.41) is 3.29. The Hall–Kier alpha value is -1.06. The van der Waals surface area contributed by atoms with E-state index in [1.165, 1.54) is 10.6 Å². The van der Waals surface area contributed by atoms with Gasteiger partial charge in [0.2, 0.25) is 0 Å². The molecule has 0 unspecified atom stereocenters. The number of rotatable bonds is 2. The number of hydrogen-bond acceptors (Lipinski definition) is 2. The number of thiophene rings is 1. The Kier molecular flexibility index (Phi) is 1.98. The van der Waals surface area contributed by atoms with Crippen LogP contribution in [0.1, 0.15) is 5.56 Å². The van der Waals surface area contributed by atoms with Gasteiger partial charge >= 0.3 is 0 Å². The minimum Gasteiger partial charge on any atom is -0.326 e. The van der Waals surface area contributed by atoms with Crippen LogP contribution in [0.15, 0.2) is 36.0 Å². The minimum absolute atomic E-state index is 0.608. The fraction of sp³-hybridized carbons (Fsp3) is 0.111. The Morgan fingerprint density at radius 3 is 2.75 bits per heavy atom. The van der Waals surface area contributed by atoms with E-state index in [-0.39, 0.29) is 0 Å². The van der Waals surface area contributed by atoms with Gasteiger partial charge in [-0.15, -0.1) is 11.3 Å². The van der Waals surface area contributed by atoms with Gasteiger partial charge in [-0.2, -0.15) is 0 Å². The lowest BCUT2D eigenvalue weighted by molar-refractivity contribution is 1.02. The van der Waals surface area contributed by atoms with Crippen LogP contribution in [0.5, 0.6) is 0 Å². The highest BCUT2D eigenvalue weighted by molar-refractivity contribution is 7.12. The molecule has 0 saturated carbocycles. The zero-order chi connectivity index (χ0) is 8.39. The van der Waals surface area contributed by atoms with Gasteiger partial charge in [0.25, 0.3) is 0 Å². The third-order valence-corrected chi connectivity index (χ3v) is 2.75. The van der Waals surface area contributed by atoms with E-state index in [2.05, 4.69) is 16.0 Å². The summed E-state index contributed by atoms with van der Waals surface area (Å²) in [5.74, 6) is 0. The molecular weight excluding hydrogens is 168 g/mol. The zero-order valence-electron chi connectivity index (χ0n) is 6.60. The van der Waals surface area contributed by atoms with Crippen LogP contribution in [0.25, 0.3) is 5.00 Å². The van der Waals surface area contributed by atoms with E-state index in [0.29, 0.717) is 6.54 Å². The van der Waals surface area contributed by atoms with Crippen molar-refractivity contribution in [2.24, 2.45) is 5.73 Å². The first-order chi connectivity index (χ1) is 5.92. The summed E-state index contributed by atoms with van der Waals surface area (Å²) in [7, 11) is 0. The third kappa shape index (κ3) is 1.17. The first-order valence-corrected chi connectivity index (χ1v) is 4.69. The largest absolute Gasteiger partial charge is 0.326 e. The van der Waals surface area contributed by atoms with E-state index in [4.69, 9.17) is 5.73 Å². The van der Waals surface area contributed by atoms with Crippen LogP contribution in [0.2, 0.25) is 0 Å². The van der Waals surface area contributed by atoms with Gasteiger partial charge in [0.1, 0.15) is 5.00 Å². The molecule has 2 aromatic heterocycles. The number of aromatic nitrogens is 1. The molecule has 3 heteroatoms. The van der Waals surface area contributed by atoms with Gasteiger partial charge in [0.05, 0.1) is 0 Å². The minimum atomic E-state index is 0.608. The van der Waals surface area contributed by atoms with Gasteiger partial charge in [0.15, 0.2) is 0 Å². The third-order valence-electron chi connectivity index (χ3n) is 1.78. The molecule has 0 bridgehead atoms. The van der Waals surface area contributed by atoms with Crippen molar-refractivity contribution in [3.8, 4) is 5.00 Å². The van der Waals surface area contributed by atoms with Crippen LogP contribution in [-0.2, 0) is 6.54 Å². The second-order valence-electron chi connectivity index (χ2n) is 2.55. The summed E-state index contributed by atoms with van der Waals surface area (Å²) in [4.78, 5) is 0. The van der Waals surface area contributed by atoms with Crippen molar-refractivity contribution >= 4 is 11.3 Å². The molecular formula is C9H10N2S. The summed E-state index contributed by atoms with van der Waals surface area (Å²) in [6.07, 6.45) is 4.07. The van der Waals surface area contributed by atoms with Crippen LogP contribution < -0.4 is 5.73 Å². The standard InChI is InChI=1S/C9H10N2S/c10-7-8-3-6-12-9(8)11-4-1-2-5-11/h1-6H,7,10H2. The fourth-order valence-electron chi connectivity index (χ4n) is 1.18. The molecule has 0 amide bonds. The van der Waals surface area contributed by atoms with Crippen LogP contribution in [-0.4, -0.2) is 4.57 Å². The highest BCUT2D eigenvalue weighted by Gasteiger charge is 2.02. The van der Waals surface area contributed by atoms with Crippen molar-refractivity contribution in [3.05, 3.63) is 41.5 Å². The number of nitrogens with zero attached hydrogens (tertiary/aromatic N) is 1. The molecule has 2 aromatic rings. The van der Waals surface area contributed by atoms with Crippen molar-refractivity contribution in [2.45, 2.75) is 6.54 Å². The lowest BCUT2D eigenvalue weighted by atomic mass is 10.3. The molecule has 2 N–H and O–H groups in total. The predicted octanol–water partition coefficient (Wildman–Crippen LogP) is 2.00. The maximum atomic E-state index is 5.59. The smallest absolute Gasteiger partial charge is 0.103 e. The molecule has 0 radical (unpaired) electrons. The lowest BCUT2D eigenvalue weighted by Gasteiger charge is -2.01. The van der Waals surface area contributed by atoms with Crippen molar-refractivity contribution < 1.29 is 0 Å². The molecule has 0 atom stereocenters. The number of nitrogens with two attached hydrogens (primary N) is 1. The molecule has 2 heterocycles. The Balaban J connectivity index is 2.46. The first kappa shape index (κ1) is 7.58. The Bertz CT molecular complexity index is 348. The average molecular weight is 178 g/mol. The highest BCUT2D eigenvalue weighted by atomic mass is 32.1. The van der Waals surface area contributed by atoms with Gasteiger partial charge < -0.3 is 10.3 Å². The van der Waals surface area contributed by atoms with Crippen LogP contribution in [0.4, 0.5) is 0 Å². The molecule has 62 valence electrons. The lowest BCUT2D eigenvalue weighted by Crippen LogP contribution is -1.98. The summed E-state index contributed by atoms with van der Waals surface area (Å²) in [5.41, 5.74) is 6.80. The van der Waals surface area contributed by atoms with E-state index in [1.807, 2.05) is 24.5 Å². The Labute approximate surface area is 75.3 Å². The predicted molar refractivity (Wildman–Crippen MR) is 51.5 cm³/mol. The van der Waals surface area contributed by atoms with E-state index < -0.39 is 0 Å². The van der Waals surface area contributed by atoms with Crippen molar-refractivity contribution in [3.63, 3.8) is 0 Å².